The average Bonchev–Trinajstić information content (AvgIpc) is 3.02. The predicted molar refractivity (Wildman–Crippen MR) is 97.5 cm³/mol. The van der Waals surface area contributed by atoms with Gasteiger partial charge in [-0.1, -0.05) is 27.7 Å². The fraction of sp³-hybridized carbons (Fsp3) is 0.647. The summed E-state index contributed by atoms with van der Waals surface area (Å²) in [6.07, 6.45) is 1.95. The van der Waals surface area contributed by atoms with Crippen LogP contribution < -0.4 is 10.1 Å². The zero-order valence-corrected chi connectivity index (χ0v) is 15.2. The lowest BCUT2D eigenvalue weighted by Gasteiger charge is -2.29. The van der Waals surface area contributed by atoms with Crippen molar-refractivity contribution in [1.82, 2.24) is 10.4 Å². The molecule has 0 bridgehead atoms. The van der Waals surface area contributed by atoms with Crippen LogP contribution in [0.25, 0.3) is 0 Å². The van der Waals surface area contributed by atoms with Gasteiger partial charge in [0, 0.05) is 43.6 Å². The number of hydrogen-bond acceptors (Lipinski definition) is 7. The molecule has 1 aromatic carbocycles. The van der Waals surface area contributed by atoms with Gasteiger partial charge in [-0.05, 0) is 35.6 Å². The summed E-state index contributed by atoms with van der Waals surface area (Å²) in [4.78, 5) is 0. The van der Waals surface area contributed by atoms with E-state index in [1.165, 1.54) is 21.8 Å². The normalized spacial score (nSPS) is 25.8. The summed E-state index contributed by atoms with van der Waals surface area (Å²) in [5.41, 5.74) is 4.03. The molecular formula is C17H24N2O3S2. The third-order valence-electron chi connectivity index (χ3n) is 5.11. The van der Waals surface area contributed by atoms with Gasteiger partial charge < -0.3 is 20.4 Å². The van der Waals surface area contributed by atoms with E-state index in [4.69, 9.17) is 4.74 Å². The molecule has 1 fully saturated rings. The Kier molecular flexibility index (Phi) is 5.26. The molecule has 4 rings (SSSR count). The van der Waals surface area contributed by atoms with E-state index in [-0.39, 0.29) is 6.10 Å². The van der Waals surface area contributed by atoms with Gasteiger partial charge in [0.05, 0.1) is 0 Å². The Labute approximate surface area is 150 Å². The van der Waals surface area contributed by atoms with E-state index in [0.717, 1.165) is 36.5 Å². The summed E-state index contributed by atoms with van der Waals surface area (Å²) in [6, 6.07) is 4.82. The molecule has 0 aliphatic carbocycles. The van der Waals surface area contributed by atoms with Crippen LogP contribution in [0.2, 0.25) is 0 Å². The zero-order chi connectivity index (χ0) is 16.5. The second kappa shape index (κ2) is 7.43. The zero-order valence-electron chi connectivity index (χ0n) is 13.6. The van der Waals surface area contributed by atoms with E-state index in [2.05, 4.69) is 17.4 Å². The maximum absolute atomic E-state index is 10.5. The van der Waals surface area contributed by atoms with Crippen molar-refractivity contribution in [3.05, 3.63) is 28.8 Å². The number of benzene rings is 1. The molecule has 132 valence electrons. The van der Waals surface area contributed by atoms with Gasteiger partial charge >= 0.3 is 0 Å². The molecule has 0 radical (unpaired) electrons. The fourth-order valence-electron chi connectivity index (χ4n) is 3.59. The van der Waals surface area contributed by atoms with Crippen molar-refractivity contribution in [1.29, 1.82) is 0 Å². The molecule has 24 heavy (non-hydrogen) atoms. The predicted octanol–water partition coefficient (Wildman–Crippen LogP) is 2.19. The third-order valence-corrected chi connectivity index (χ3v) is 7.34. The first-order valence-electron chi connectivity index (χ1n) is 8.60. The third kappa shape index (κ3) is 3.71. The minimum Gasteiger partial charge on any atom is -0.487 e. The van der Waals surface area contributed by atoms with Crippen molar-refractivity contribution < 1.29 is 15.1 Å². The lowest BCUT2D eigenvalue weighted by Crippen LogP contribution is -2.46. The van der Waals surface area contributed by atoms with Gasteiger partial charge in [0.2, 0.25) is 0 Å². The molecule has 0 spiro atoms. The number of hydroxylamine groups is 2. The van der Waals surface area contributed by atoms with E-state index < -0.39 is 6.10 Å². The number of nitrogens with zero attached hydrogens (tertiary/aromatic N) is 1. The SMILES string of the molecule is OC(CNC1CCN(O)CC1)C1Cc2cc3c(cc2O1)CSSC3. The number of ether oxygens (including phenoxy) is 1. The summed E-state index contributed by atoms with van der Waals surface area (Å²) in [5, 5.41) is 24.7. The second-order valence-electron chi connectivity index (χ2n) is 6.82. The molecular weight excluding hydrogens is 344 g/mol. The first-order valence-corrected chi connectivity index (χ1v) is 11.1. The van der Waals surface area contributed by atoms with Gasteiger partial charge in [-0.25, -0.2) is 0 Å². The minimum absolute atomic E-state index is 0.158. The Morgan fingerprint density at radius 3 is 2.62 bits per heavy atom. The van der Waals surface area contributed by atoms with Crippen molar-refractivity contribution in [2.24, 2.45) is 0 Å². The summed E-state index contributed by atoms with van der Waals surface area (Å²) in [6.45, 7) is 1.93. The van der Waals surface area contributed by atoms with Gasteiger partial charge in [-0.3, -0.25) is 0 Å². The molecule has 3 aliphatic rings. The number of aliphatic hydroxyl groups excluding tert-OH is 1. The van der Waals surface area contributed by atoms with Crippen LogP contribution in [0, 0.1) is 0 Å². The first kappa shape index (κ1) is 17.0. The number of rotatable bonds is 4. The molecule has 1 aromatic rings. The van der Waals surface area contributed by atoms with Crippen LogP contribution in [0.3, 0.4) is 0 Å². The Bertz CT molecular complexity index is 558. The molecule has 2 unspecified atom stereocenters. The molecule has 0 amide bonds. The Morgan fingerprint density at radius 2 is 1.88 bits per heavy atom. The monoisotopic (exact) mass is 368 g/mol. The topological polar surface area (TPSA) is 65.0 Å². The number of nitrogens with one attached hydrogen (secondary N) is 1. The van der Waals surface area contributed by atoms with Crippen molar-refractivity contribution in [3.63, 3.8) is 0 Å². The van der Waals surface area contributed by atoms with Crippen LogP contribution in [-0.4, -0.2) is 53.3 Å². The molecule has 2 atom stereocenters. The van der Waals surface area contributed by atoms with Gasteiger partial charge in [0.1, 0.15) is 18.0 Å². The van der Waals surface area contributed by atoms with Crippen LogP contribution in [0.5, 0.6) is 5.75 Å². The second-order valence-corrected chi connectivity index (χ2v) is 9.28. The van der Waals surface area contributed by atoms with Gasteiger partial charge in [0.25, 0.3) is 0 Å². The van der Waals surface area contributed by atoms with Crippen LogP contribution in [0.15, 0.2) is 12.1 Å². The molecule has 5 nitrogen and oxygen atoms in total. The van der Waals surface area contributed by atoms with E-state index in [9.17, 15) is 10.3 Å². The largest absolute Gasteiger partial charge is 0.487 e. The number of hydrogen-bond donors (Lipinski definition) is 3. The van der Waals surface area contributed by atoms with Gasteiger partial charge in [0.15, 0.2) is 0 Å². The first-order chi connectivity index (χ1) is 11.7. The molecule has 1 saturated heterocycles. The van der Waals surface area contributed by atoms with E-state index in [0.29, 0.717) is 25.7 Å². The van der Waals surface area contributed by atoms with E-state index >= 15 is 0 Å². The molecule has 3 N–H and O–H groups in total. The highest BCUT2D eigenvalue weighted by atomic mass is 33.1. The van der Waals surface area contributed by atoms with Crippen molar-refractivity contribution >= 4 is 21.6 Å². The lowest BCUT2D eigenvalue weighted by molar-refractivity contribution is -0.108. The van der Waals surface area contributed by atoms with E-state index in [1.807, 2.05) is 21.6 Å². The maximum atomic E-state index is 10.5. The Balaban J connectivity index is 1.32. The quantitative estimate of drug-likeness (QED) is 0.704. The number of aliphatic hydroxyl groups is 1. The summed E-state index contributed by atoms with van der Waals surface area (Å²) >= 11 is 0. The van der Waals surface area contributed by atoms with E-state index in [1.54, 1.807) is 0 Å². The van der Waals surface area contributed by atoms with Crippen molar-refractivity contribution in [2.45, 2.75) is 49.0 Å². The standard InChI is InChI=1S/C17H24N2O3S2/c20-15(8-18-14-1-3-19(21)4-2-14)17-6-11-5-12-9-23-24-10-13(12)7-16(11)22-17/h5,7,14-15,17-18,20-21H,1-4,6,8-10H2. The van der Waals surface area contributed by atoms with Crippen LogP contribution in [0.1, 0.15) is 29.5 Å². The smallest absolute Gasteiger partial charge is 0.130 e. The lowest BCUT2D eigenvalue weighted by atomic mass is 10.0. The summed E-state index contributed by atoms with van der Waals surface area (Å²) < 4.78 is 6.04. The number of fused-ring (bicyclic) bond motifs is 2. The highest BCUT2D eigenvalue weighted by molar-refractivity contribution is 8.76. The van der Waals surface area contributed by atoms with Crippen LogP contribution >= 0.6 is 21.6 Å². The van der Waals surface area contributed by atoms with Crippen molar-refractivity contribution in [2.75, 3.05) is 19.6 Å². The minimum atomic E-state index is -0.509. The molecule has 0 aromatic heterocycles. The fourth-order valence-corrected chi connectivity index (χ4v) is 5.81. The van der Waals surface area contributed by atoms with Crippen LogP contribution in [-0.2, 0) is 17.9 Å². The average molecular weight is 369 g/mol. The maximum Gasteiger partial charge on any atom is 0.130 e. The molecule has 7 heteroatoms. The molecule has 3 aliphatic heterocycles. The van der Waals surface area contributed by atoms with Gasteiger partial charge in [-0.15, -0.1) is 0 Å². The molecule has 0 saturated carbocycles. The Morgan fingerprint density at radius 1 is 1.17 bits per heavy atom. The van der Waals surface area contributed by atoms with Crippen molar-refractivity contribution in [3.8, 4) is 5.75 Å². The summed E-state index contributed by atoms with van der Waals surface area (Å²) in [5.74, 6) is 3.06. The summed E-state index contributed by atoms with van der Waals surface area (Å²) in [7, 11) is 3.80. The highest BCUT2D eigenvalue weighted by Gasteiger charge is 2.31. The van der Waals surface area contributed by atoms with Gasteiger partial charge in [-0.2, -0.15) is 5.06 Å². The Hall–Kier alpha value is -0.440. The molecule has 3 heterocycles. The highest BCUT2D eigenvalue weighted by Crippen LogP contribution is 2.41. The van der Waals surface area contributed by atoms with Crippen LogP contribution in [0.4, 0.5) is 0 Å². The number of piperidine rings is 1.